The number of anilines is 1. The smallest absolute Gasteiger partial charge is 0.221 e. The number of aromatic nitrogens is 2. The van der Waals surface area contributed by atoms with Crippen LogP contribution in [-0.4, -0.2) is 23.6 Å². The van der Waals surface area contributed by atoms with Crippen molar-refractivity contribution in [2.24, 2.45) is 0 Å². The Balaban J connectivity index is 2.81. The van der Waals surface area contributed by atoms with Crippen molar-refractivity contribution in [1.82, 2.24) is 9.97 Å². The highest BCUT2D eigenvalue weighted by Gasteiger charge is 2.05. The first kappa shape index (κ1) is 9.77. The molecule has 1 aromatic heterocycles. The molecule has 0 radical (unpaired) electrons. The number of hydrogen-bond acceptors (Lipinski definition) is 4. The third kappa shape index (κ3) is 2.31. The van der Waals surface area contributed by atoms with E-state index in [1.54, 1.807) is 7.11 Å². The van der Waals surface area contributed by atoms with Gasteiger partial charge in [-0.2, -0.15) is 0 Å². The van der Waals surface area contributed by atoms with Crippen molar-refractivity contribution in [2.75, 3.05) is 19.0 Å². The van der Waals surface area contributed by atoms with Crippen LogP contribution < -0.4 is 10.1 Å². The third-order valence-electron chi connectivity index (χ3n) is 1.77. The molecule has 0 unspecified atom stereocenters. The van der Waals surface area contributed by atoms with E-state index in [9.17, 15) is 0 Å². The zero-order valence-electron chi connectivity index (χ0n) is 8.29. The maximum atomic E-state index is 5.07. The van der Waals surface area contributed by atoms with E-state index in [1.165, 1.54) is 6.33 Å². The first-order valence-corrected chi connectivity index (χ1v) is 4.39. The van der Waals surface area contributed by atoms with Gasteiger partial charge in [-0.3, -0.25) is 0 Å². The Morgan fingerprint density at radius 2 is 2.23 bits per heavy atom. The van der Waals surface area contributed by atoms with E-state index in [1.807, 2.05) is 6.92 Å². The molecule has 0 amide bonds. The van der Waals surface area contributed by atoms with Gasteiger partial charge in [0.05, 0.1) is 12.7 Å². The third-order valence-corrected chi connectivity index (χ3v) is 1.77. The first-order chi connectivity index (χ1) is 6.29. The van der Waals surface area contributed by atoms with Crippen LogP contribution in [0.15, 0.2) is 6.33 Å². The Hall–Kier alpha value is -1.32. The lowest BCUT2D eigenvalue weighted by Crippen LogP contribution is -2.05. The minimum atomic E-state index is 0.633. The summed E-state index contributed by atoms with van der Waals surface area (Å²) < 4.78 is 5.07. The highest BCUT2D eigenvalue weighted by Crippen LogP contribution is 2.19. The molecule has 0 saturated carbocycles. The summed E-state index contributed by atoms with van der Waals surface area (Å²) in [5, 5.41) is 3.21. The maximum absolute atomic E-state index is 5.07. The molecule has 4 heteroatoms. The molecule has 0 aliphatic heterocycles. The van der Waals surface area contributed by atoms with Gasteiger partial charge in [-0.15, -0.1) is 0 Å². The van der Waals surface area contributed by atoms with Gasteiger partial charge < -0.3 is 10.1 Å². The Bertz CT molecular complexity index is 276. The van der Waals surface area contributed by atoms with E-state index >= 15 is 0 Å². The van der Waals surface area contributed by atoms with Crippen LogP contribution in [0.5, 0.6) is 5.88 Å². The topological polar surface area (TPSA) is 47.0 Å². The average Bonchev–Trinajstić information content (AvgIpc) is 2.16. The van der Waals surface area contributed by atoms with Gasteiger partial charge in [-0.25, -0.2) is 9.97 Å². The predicted octanol–water partition coefficient (Wildman–Crippen LogP) is 1.62. The number of methoxy groups -OCH3 is 1. The van der Waals surface area contributed by atoms with Gasteiger partial charge >= 0.3 is 0 Å². The zero-order valence-corrected chi connectivity index (χ0v) is 8.29. The van der Waals surface area contributed by atoms with Crippen molar-refractivity contribution >= 4 is 5.82 Å². The van der Waals surface area contributed by atoms with E-state index in [4.69, 9.17) is 4.74 Å². The van der Waals surface area contributed by atoms with Gasteiger partial charge in [-0.1, -0.05) is 6.92 Å². The van der Waals surface area contributed by atoms with Crippen LogP contribution in [0.1, 0.15) is 18.9 Å². The second kappa shape index (κ2) is 4.64. The maximum Gasteiger partial charge on any atom is 0.221 e. The van der Waals surface area contributed by atoms with Gasteiger partial charge in [0.25, 0.3) is 0 Å². The molecular weight excluding hydrogens is 166 g/mol. The summed E-state index contributed by atoms with van der Waals surface area (Å²) >= 11 is 0. The van der Waals surface area contributed by atoms with E-state index in [2.05, 4.69) is 22.2 Å². The number of ether oxygens (including phenoxy) is 1. The van der Waals surface area contributed by atoms with Crippen molar-refractivity contribution in [1.29, 1.82) is 0 Å². The van der Waals surface area contributed by atoms with Crippen LogP contribution in [-0.2, 0) is 0 Å². The molecular formula is C9H15N3O. The van der Waals surface area contributed by atoms with Crippen LogP contribution >= 0.6 is 0 Å². The fraction of sp³-hybridized carbons (Fsp3) is 0.556. The predicted molar refractivity (Wildman–Crippen MR) is 52.1 cm³/mol. The van der Waals surface area contributed by atoms with Crippen molar-refractivity contribution < 1.29 is 4.74 Å². The fourth-order valence-electron chi connectivity index (χ4n) is 1.06. The summed E-state index contributed by atoms with van der Waals surface area (Å²) in [6, 6.07) is 0. The van der Waals surface area contributed by atoms with Crippen molar-refractivity contribution in [3.05, 3.63) is 11.9 Å². The SMILES string of the molecule is CCCNc1ncnc(OC)c1C. The van der Waals surface area contributed by atoms with E-state index in [-0.39, 0.29) is 0 Å². The molecule has 0 aliphatic carbocycles. The number of hydrogen-bond donors (Lipinski definition) is 1. The molecule has 1 rings (SSSR count). The summed E-state index contributed by atoms with van der Waals surface area (Å²) in [7, 11) is 1.61. The van der Waals surface area contributed by atoms with Gasteiger partial charge in [0.15, 0.2) is 0 Å². The summed E-state index contributed by atoms with van der Waals surface area (Å²) in [6.45, 7) is 4.97. The van der Waals surface area contributed by atoms with Crippen LogP contribution in [0.4, 0.5) is 5.82 Å². The Morgan fingerprint density at radius 1 is 1.46 bits per heavy atom. The van der Waals surface area contributed by atoms with Crippen molar-refractivity contribution in [2.45, 2.75) is 20.3 Å². The number of nitrogens with one attached hydrogen (secondary N) is 1. The first-order valence-electron chi connectivity index (χ1n) is 4.39. The normalized spacial score (nSPS) is 9.77. The molecule has 0 aliphatic rings. The quantitative estimate of drug-likeness (QED) is 0.766. The van der Waals surface area contributed by atoms with Gasteiger partial charge in [-0.05, 0) is 13.3 Å². The van der Waals surface area contributed by atoms with Crippen LogP contribution in [0.3, 0.4) is 0 Å². The van der Waals surface area contributed by atoms with Crippen LogP contribution in [0.25, 0.3) is 0 Å². The van der Waals surface area contributed by atoms with Crippen molar-refractivity contribution in [3.63, 3.8) is 0 Å². The van der Waals surface area contributed by atoms with Gasteiger partial charge in [0, 0.05) is 6.54 Å². The van der Waals surface area contributed by atoms with Crippen LogP contribution in [0.2, 0.25) is 0 Å². The second-order valence-electron chi connectivity index (χ2n) is 2.78. The fourth-order valence-corrected chi connectivity index (χ4v) is 1.06. The minimum Gasteiger partial charge on any atom is -0.481 e. The van der Waals surface area contributed by atoms with Crippen LogP contribution in [0, 0.1) is 6.92 Å². The lowest BCUT2D eigenvalue weighted by molar-refractivity contribution is 0.393. The van der Waals surface area contributed by atoms with Gasteiger partial charge in [0.1, 0.15) is 12.1 Å². The summed E-state index contributed by atoms with van der Waals surface area (Å²) in [4.78, 5) is 8.11. The summed E-state index contributed by atoms with van der Waals surface area (Å²) in [5.74, 6) is 1.49. The Kier molecular flexibility index (Phi) is 3.49. The molecule has 0 aromatic carbocycles. The molecule has 0 atom stereocenters. The molecule has 13 heavy (non-hydrogen) atoms. The molecule has 4 nitrogen and oxygen atoms in total. The Labute approximate surface area is 78.4 Å². The van der Waals surface area contributed by atoms with E-state index in [0.29, 0.717) is 5.88 Å². The molecule has 72 valence electrons. The second-order valence-corrected chi connectivity index (χ2v) is 2.78. The molecule has 0 bridgehead atoms. The molecule has 1 N–H and O–H groups in total. The lowest BCUT2D eigenvalue weighted by Gasteiger charge is -2.08. The highest BCUT2D eigenvalue weighted by atomic mass is 16.5. The number of nitrogens with zero attached hydrogens (tertiary/aromatic N) is 2. The highest BCUT2D eigenvalue weighted by molar-refractivity contribution is 5.47. The minimum absolute atomic E-state index is 0.633. The van der Waals surface area contributed by atoms with E-state index < -0.39 is 0 Å². The largest absolute Gasteiger partial charge is 0.481 e. The molecule has 0 spiro atoms. The van der Waals surface area contributed by atoms with Crippen molar-refractivity contribution in [3.8, 4) is 5.88 Å². The Morgan fingerprint density at radius 3 is 2.85 bits per heavy atom. The monoisotopic (exact) mass is 181 g/mol. The number of rotatable bonds is 4. The molecule has 0 saturated heterocycles. The summed E-state index contributed by atoms with van der Waals surface area (Å²) in [6.07, 6.45) is 2.58. The lowest BCUT2D eigenvalue weighted by atomic mass is 10.3. The summed E-state index contributed by atoms with van der Waals surface area (Å²) in [5.41, 5.74) is 0.957. The standard InChI is InChI=1S/C9H15N3O/c1-4-5-10-8-7(2)9(13-3)12-6-11-8/h6H,4-5H2,1-3H3,(H,10,11,12). The van der Waals surface area contributed by atoms with E-state index in [0.717, 1.165) is 24.3 Å². The zero-order chi connectivity index (χ0) is 9.68. The molecule has 1 heterocycles. The van der Waals surface area contributed by atoms with Gasteiger partial charge in [0.2, 0.25) is 5.88 Å². The molecule has 1 aromatic rings. The molecule has 0 fully saturated rings. The average molecular weight is 181 g/mol.